The summed E-state index contributed by atoms with van der Waals surface area (Å²) in [7, 11) is 0. The Morgan fingerprint density at radius 3 is 1.83 bits per heavy atom. The molecule has 0 rings (SSSR count). The molecule has 0 fully saturated rings. The Labute approximate surface area is 125 Å². The van der Waals surface area contributed by atoms with Gasteiger partial charge in [-0.1, -0.05) is 55.4 Å². The quantitative estimate of drug-likeness (QED) is 0.542. The van der Waals surface area contributed by atoms with E-state index in [1.54, 1.807) is 0 Å². The van der Waals surface area contributed by atoms with Gasteiger partial charge in [0.15, 0.2) is 0 Å². The third-order valence-electron chi connectivity index (χ3n) is 3.15. The smallest absolute Gasteiger partial charge is 0.0109 e. The molecule has 0 nitrogen and oxygen atoms in total. The Bertz CT molecular complexity index is 239. The van der Waals surface area contributed by atoms with Crippen LogP contribution in [0.3, 0.4) is 0 Å². The summed E-state index contributed by atoms with van der Waals surface area (Å²) in [5, 5.41) is 0. The second kappa shape index (κ2) is 6.92. The zero-order chi connectivity index (χ0) is 14.6. The first-order valence-electron chi connectivity index (χ1n) is 7.14. The minimum Gasteiger partial charge on any atom is -0.179 e. The average molecular weight is 291 g/mol. The van der Waals surface area contributed by atoms with Crippen LogP contribution in [0.25, 0.3) is 0 Å². The maximum absolute atomic E-state index is 4.47. The van der Waals surface area contributed by atoms with Crippen molar-refractivity contribution in [3.8, 4) is 0 Å². The highest BCUT2D eigenvalue weighted by Crippen LogP contribution is 2.41. The van der Waals surface area contributed by atoms with Crippen LogP contribution in [0.1, 0.15) is 68.2 Å². The third kappa shape index (κ3) is 8.74. The zero-order valence-electron chi connectivity index (χ0n) is 13.8. The first-order valence-corrected chi connectivity index (χ1v) is 8.76. The van der Waals surface area contributed by atoms with Crippen molar-refractivity contribution in [3.63, 3.8) is 0 Å². The predicted octanol–water partition coefficient (Wildman–Crippen LogP) is 5.92. The van der Waals surface area contributed by atoms with E-state index in [2.05, 4.69) is 79.8 Å². The van der Waals surface area contributed by atoms with Crippen LogP contribution in [0.15, 0.2) is 0 Å². The van der Waals surface area contributed by atoms with Crippen molar-refractivity contribution >= 4 is 24.4 Å². The normalized spacial score (nSPS) is 14.3. The van der Waals surface area contributed by atoms with Crippen molar-refractivity contribution in [3.05, 3.63) is 0 Å². The molecule has 0 heterocycles. The van der Waals surface area contributed by atoms with Crippen LogP contribution in [0.5, 0.6) is 0 Å². The molecular formula is C16H34S2. The average Bonchev–Trinajstić information content (AvgIpc) is 2.12. The van der Waals surface area contributed by atoms with Crippen LogP contribution in [-0.4, -0.2) is 16.3 Å². The topological polar surface area (TPSA) is 0 Å². The molecule has 0 atom stereocenters. The Kier molecular flexibility index (Phi) is 7.19. The maximum Gasteiger partial charge on any atom is 0.0109 e. The van der Waals surface area contributed by atoms with Crippen LogP contribution >= 0.6 is 24.4 Å². The van der Waals surface area contributed by atoms with Crippen LogP contribution in [-0.2, 0) is 0 Å². The van der Waals surface area contributed by atoms with E-state index in [1.165, 1.54) is 18.6 Å². The molecule has 0 amide bonds. The number of thioether (sulfide) groups is 1. The van der Waals surface area contributed by atoms with Gasteiger partial charge in [-0.25, -0.2) is 0 Å². The standard InChI is InChI=1S/C16H34S2/c1-13(2)9-14(3,4)12-18-16(7,8)10-15(5,6)11-17/h13,17H,9-12H2,1-8H3. The fourth-order valence-electron chi connectivity index (χ4n) is 2.81. The van der Waals surface area contributed by atoms with Gasteiger partial charge in [-0.05, 0) is 41.1 Å². The summed E-state index contributed by atoms with van der Waals surface area (Å²) in [6, 6.07) is 0. The maximum atomic E-state index is 4.47. The molecule has 0 aromatic rings. The highest BCUT2D eigenvalue weighted by atomic mass is 32.2. The lowest BCUT2D eigenvalue weighted by molar-refractivity contribution is 0.322. The van der Waals surface area contributed by atoms with E-state index in [-0.39, 0.29) is 0 Å². The van der Waals surface area contributed by atoms with Gasteiger partial charge in [0.1, 0.15) is 0 Å². The van der Waals surface area contributed by atoms with E-state index >= 15 is 0 Å². The highest BCUT2D eigenvalue weighted by molar-refractivity contribution is 8.00. The summed E-state index contributed by atoms with van der Waals surface area (Å²) in [5.41, 5.74) is 0.781. The highest BCUT2D eigenvalue weighted by Gasteiger charge is 2.30. The lowest BCUT2D eigenvalue weighted by atomic mass is 9.85. The van der Waals surface area contributed by atoms with Gasteiger partial charge >= 0.3 is 0 Å². The lowest BCUT2D eigenvalue weighted by Crippen LogP contribution is -2.29. The Morgan fingerprint density at radius 2 is 1.44 bits per heavy atom. The van der Waals surface area contributed by atoms with Crippen molar-refractivity contribution in [2.45, 2.75) is 73.0 Å². The molecule has 0 aliphatic heterocycles. The zero-order valence-corrected chi connectivity index (χ0v) is 15.5. The van der Waals surface area contributed by atoms with E-state index in [4.69, 9.17) is 0 Å². The molecule has 0 aromatic heterocycles. The summed E-state index contributed by atoms with van der Waals surface area (Å²) in [4.78, 5) is 0. The molecule has 110 valence electrons. The van der Waals surface area contributed by atoms with Gasteiger partial charge in [-0.15, -0.1) is 0 Å². The third-order valence-corrected chi connectivity index (χ3v) is 5.85. The van der Waals surface area contributed by atoms with Crippen LogP contribution in [0, 0.1) is 16.7 Å². The van der Waals surface area contributed by atoms with Crippen LogP contribution in [0.4, 0.5) is 0 Å². The second-order valence-corrected chi connectivity index (χ2v) is 10.3. The minimum atomic E-state index is 0.335. The molecular weight excluding hydrogens is 256 g/mol. The van der Waals surface area contributed by atoms with Gasteiger partial charge in [-0.3, -0.25) is 0 Å². The summed E-state index contributed by atoms with van der Waals surface area (Å²) in [5.74, 6) is 3.00. The number of rotatable bonds is 8. The largest absolute Gasteiger partial charge is 0.179 e. The van der Waals surface area contributed by atoms with E-state index < -0.39 is 0 Å². The molecule has 0 N–H and O–H groups in total. The Hall–Kier alpha value is 0.700. The van der Waals surface area contributed by atoms with Crippen molar-refractivity contribution in [1.82, 2.24) is 0 Å². The van der Waals surface area contributed by atoms with Crippen molar-refractivity contribution in [1.29, 1.82) is 0 Å². The number of hydrogen-bond acceptors (Lipinski definition) is 2. The van der Waals surface area contributed by atoms with Crippen LogP contribution in [0.2, 0.25) is 0 Å². The molecule has 0 radical (unpaired) electrons. The summed E-state index contributed by atoms with van der Waals surface area (Å²) in [6.07, 6.45) is 2.54. The molecule has 18 heavy (non-hydrogen) atoms. The lowest BCUT2D eigenvalue weighted by Gasteiger charge is -2.36. The Morgan fingerprint density at radius 1 is 0.944 bits per heavy atom. The van der Waals surface area contributed by atoms with Crippen molar-refractivity contribution in [2.75, 3.05) is 11.5 Å². The van der Waals surface area contributed by atoms with Gasteiger partial charge in [0.05, 0.1) is 0 Å². The summed E-state index contributed by atoms with van der Waals surface area (Å²) >= 11 is 6.61. The van der Waals surface area contributed by atoms with Gasteiger partial charge in [0, 0.05) is 4.75 Å². The molecule has 2 heteroatoms. The fourth-order valence-corrected chi connectivity index (χ4v) is 4.32. The fraction of sp³-hybridized carbons (Fsp3) is 1.00. The van der Waals surface area contributed by atoms with E-state index in [1.807, 2.05) is 0 Å². The molecule has 0 aliphatic rings. The molecule has 0 aromatic carbocycles. The second-order valence-electron chi connectivity index (χ2n) is 8.31. The first kappa shape index (κ1) is 18.7. The molecule has 0 saturated carbocycles. The molecule has 0 aliphatic carbocycles. The summed E-state index contributed by atoms with van der Waals surface area (Å²) < 4.78 is 0.348. The molecule has 0 unspecified atom stereocenters. The Balaban J connectivity index is 4.34. The molecule has 0 saturated heterocycles. The first-order chi connectivity index (χ1) is 7.89. The van der Waals surface area contributed by atoms with Crippen molar-refractivity contribution in [2.24, 2.45) is 16.7 Å². The minimum absolute atomic E-state index is 0.335. The summed E-state index contributed by atoms with van der Waals surface area (Å²) in [6.45, 7) is 18.9. The predicted molar refractivity (Wildman–Crippen MR) is 92.0 cm³/mol. The molecule has 0 spiro atoms. The van der Waals surface area contributed by atoms with Gasteiger partial charge in [0.25, 0.3) is 0 Å². The van der Waals surface area contributed by atoms with Gasteiger partial charge < -0.3 is 0 Å². The van der Waals surface area contributed by atoms with E-state index in [9.17, 15) is 0 Å². The monoisotopic (exact) mass is 290 g/mol. The SMILES string of the molecule is CC(C)CC(C)(C)CSC(C)(C)CC(C)(C)CS. The number of thiol groups is 1. The van der Waals surface area contributed by atoms with E-state index in [0.29, 0.717) is 15.6 Å². The van der Waals surface area contributed by atoms with Crippen molar-refractivity contribution < 1.29 is 0 Å². The van der Waals surface area contributed by atoms with Gasteiger partial charge in [-0.2, -0.15) is 24.4 Å². The van der Waals surface area contributed by atoms with E-state index in [0.717, 1.165) is 11.7 Å². The molecule has 0 bridgehead atoms. The van der Waals surface area contributed by atoms with Crippen LogP contribution < -0.4 is 0 Å². The van der Waals surface area contributed by atoms with Gasteiger partial charge in [0.2, 0.25) is 0 Å². The number of hydrogen-bond donors (Lipinski definition) is 1.